The van der Waals surface area contributed by atoms with Crippen LogP contribution in [0.5, 0.6) is 0 Å². The molecule has 0 aliphatic heterocycles. The number of halogens is 2. The summed E-state index contributed by atoms with van der Waals surface area (Å²) in [7, 11) is 0. The Hall–Kier alpha value is -1.68. The van der Waals surface area contributed by atoms with E-state index in [2.05, 4.69) is 15.9 Å². The molecule has 2 rings (SSSR count). The van der Waals surface area contributed by atoms with Crippen LogP contribution in [0.4, 0.5) is 4.39 Å². The molecule has 0 aromatic heterocycles. The van der Waals surface area contributed by atoms with Gasteiger partial charge in [0.2, 0.25) is 0 Å². The zero-order chi connectivity index (χ0) is 15.2. The van der Waals surface area contributed by atoms with Gasteiger partial charge in [0.25, 0.3) is 5.91 Å². The maximum Gasteiger partial charge on any atom is 0.257 e. The van der Waals surface area contributed by atoms with Crippen molar-refractivity contribution in [2.75, 3.05) is 6.54 Å². The molecule has 0 unspecified atom stereocenters. The van der Waals surface area contributed by atoms with E-state index in [9.17, 15) is 9.18 Å². The average molecular weight is 350 g/mol. The number of rotatable bonds is 5. The molecule has 0 spiro atoms. The first-order valence-corrected chi connectivity index (χ1v) is 7.69. The first-order chi connectivity index (χ1) is 10.1. The third-order valence-corrected chi connectivity index (χ3v) is 3.65. The maximum absolute atomic E-state index is 14.0. The van der Waals surface area contributed by atoms with E-state index in [1.54, 1.807) is 11.0 Å². The molecule has 0 saturated heterocycles. The zero-order valence-electron chi connectivity index (χ0n) is 11.9. The fraction of sp³-hybridized carbons (Fsp3) is 0.235. The minimum atomic E-state index is -0.497. The summed E-state index contributed by atoms with van der Waals surface area (Å²) in [5.74, 6) is -0.769. The summed E-state index contributed by atoms with van der Waals surface area (Å²) in [5, 5.41) is 0. The molecule has 0 saturated carbocycles. The van der Waals surface area contributed by atoms with Crippen LogP contribution < -0.4 is 0 Å². The second-order valence-electron chi connectivity index (χ2n) is 4.84. The summed E-state index contributed by atoms with van der Waals surface area (Å²) in [4.78, 5) is 14.2. The van der Waals surface area contributed by atoms with Crippen LogP contribution in [-0.4, -0.2) is 17.4 Å². The second-order valence-corrected chi connectivity index (χ2v) is 5.75. The van der Waals surface area contributed by atoms with Crippen LogP contribution in [0.2, 0.25) is 0 Å². The Balaban J connectivity index is 2.23. The lowest BCUT2D eigenvalue weighted by molar-refractivity contribution is 0.0738. The molecule has 1 amide bonds. The number of carbonyl (C=O) groups excluding carboxylic acids is 1. The summed E-state index contributed by atoms with van der Waals surface area (Å²) in [5.41, 5.74) is 1.15. The maximum atomic E-state index is 14.0. The predicted molar refractivity (Wildman–Crippen MR) is 85.6 cm³/mol. The van der Waals surface area contributed by atoms with Crippen molar-refractivity contribution in [1.82, 2.24) is 4.90 Å². The highest BCUT2D eigenvalue weighted by molar-refractivity contribution is 9.10. The normalized spacial score (nSPS) is 10.4. The lowest BCUT2D eigenvalue weighted by Gasteiger charge is -2.22. The molecule has 2 aromatic rings. The van der Waals surface area contributed by atoms with Gasteiger partial charge < -0.3 is 4.90 Å². The molecule has 4 heteroatoms. The summed E-state index contributed by atoms with van der Waals surface area (Å²) in [6.45, 7) is 3.09. The summed E-state index contributed by atoms with van der Waals surface area (Å²) >= 11 is 3.20. The Bertz CT molecular complexity index is 615. The van der Waals surface area contributed by atoms with Gasteiger partial charge in [-0.25, -0.2) is 4.39 Å². The third kappa shape index (κ3) is 4.14. The van der Waals surface area contributed by atoms with E-state index in [-0.39, 0.29) is 11.5 Å². The minimum absolute atomic E-state index is 0.114. The van der Waals surface area contributed by atoms with E-state index in [1.165, 1.54) is 12.1 Å². The molecule has 2 aromatic carbocycles. The number of carbonyl (C=O) groups is 1. The van der Waals surface area contributed by atoms with Gasteiger partial charge in [-0.15, -0.1) is 0 Å². The minimum Gasteiger partial charge on any atom is -0.334 e. The molecular formula is C17H17BrFNO. The van der Waals surface area contributed by atoms with E-state index in [4.69, 9.17) is 0 Å². The van der Waals surface area contributed by atoms with Crippen LogP contribution in [0.25, 0.3) is 0 Å². The third-order valence-electron chi connectivity index (χ3n) is 3.16. The van der Waals surface area contributed by atoms with E-state index >= 15 is 0 Å². The first-order valence-electron chi connectivity index (χ1n) is 6.90. The number of nitrogens with zero attached hydrogens (tertiary/aromatic N) is 1. The van der Waals surface area contributed by atoms with Crippen LogP contribution in [0, 0.1) is 5.82 Å². The van der Waals surface area contributed by atoms with E-state index in [1.807, 2.05) is 37.3 Å². The number of benzene rings is 2. The van der Waals surface area contributed by atoms with Gasteiger partial charge in [0.05, 0.1) is 5.56 Å². The smallest absolute Gasteiger partial charge is 0.257 e. The zero-order valence-corrected chi connectivity index (χ0v) is 13.4. The van der Waals surface area contributed by atoms with Crippen molar-refractivity contribution in [3.05, 3.63) is 69.9 Å². The van der Waals surface area contributed by atoms with Crippen LogP contribution in [0.15, 0.2) is 53.0 Å². The van der Waals surface area contributed by atoms with Crippen molar-refractivity contribution in [3.8, 4) is 0 Å². The summed E-state index contributed by atoms with van der Waals surface area (Å²) < 4.78 is 14.6. The molecule has 0 aliphatic carbocycles. The molecule has 0 atom stereocenters. The van der Waals surface area contributed by atoms with Crippen molar-refractivity contribution in [2.24, 2.45) is 0 Å². The Labute approximate surface area is 132 Å². The largest absolute Gasteiger partial charge is 0.334 e. The number of amides is 1. The summed E-state index contributed by atoms with van der Waals surface area (Å²) in [6, 6.07) is 14.3. The van der Waals surface area contributed by atoms with Gasteiger partial charge in [0.1, 0.15) is 5.82 Å². The lowest BCUT2D eigenvalue weighted by Crippen LogP contribution is -2.31. The van der Waals surface area contributed by atoms with Crippen molar-refractivity contribution < 1.29 is 9.18 Å². The standard InChI is InChI=1S/C17H17BrFNO/c1-2-10-20(12-13-6-4-3-5-7-13)17(21)15-9-8-14(18)11-16(15)19/h3-9,11H,2,10,12H2,1H3. The second kappa shape index (κ2) is 7.36. The SMILES string of the molecule is CCCN(Cc1ccccc1)C(=O)c1ccc(Br)cc1F. The van der Waals surface area contributed by atoms with Gasteiger partial charge in [-0.1, -0.05) is 53.2 Å². The number of hydrogen-bond donors (Lipinski definition) is 0. The van der Waals surface area contributed by atoms with Crippen molar-refractivity contribution in [1.29, 1.82) is 0 Å². The van der Waals surface area contributed by atoms with Crippen molar-refractivity contribution in [2.45, 2.75) is 19.9 Å². The Kier molecular flexibility index (Phi) is 5.51. The highest BCUT2D eigenvalue weighted by Crippen LogP contribution is 2.18. The van der Waals surface area contributed by atoms with E-state index in [0.29, 0.717) is 17.6 Å². The molecule has 110 valence electrons. The van der Waals surface area contributed by atoms with Gasteiger partial charge in [0.15, 0.2) is 0 Å². The predicted octanol–water partition coefficient (Wildman–Crippen LogP) is 4.64. The molecule has 2 nitrogen and oxygen atoms in total. The van der Waals surface area contributed by atoms with Crippen LogP contribution in [0.1, 0.15) is 29.3 Å². The van der Waals surface area contributed by atoms with Crippen LogP contribution >= 0.6 is 15.9 Å². The Morgan fingerprint density at radius 1 is 1.19 bits per heavy atom. The van der Waals surface area contributed by atoms with Crippen molar-refractivity contribution >= 4 is 21.8 Å². The Morgan fingerprint density at radius 3 is 2.52 bits per heavy atom. The lowest BCUT2D eigenvalue weighted by atomic mass is 10.1. The van der Waals surface area contributed by atoms with Gasteiger partial charge in [-0.3, -0.25) is 4.79 Å². The molecule has 0 radical (unpaired) electrons. The molecule has 21 heavy (non-hydrogen) atoms. The fourth-order valence-electron chi connectivity index (χ4n) is 2.16. The molecule has 0 heterocycles. The van der Waals surface area contributed by atoms with Gasteiger partial charge in [-0.05, 0) is 30.2 Å². The fourth-order valence-corrected chi connectivity index (χ4v) is 2.49. The monoisotopic (exact) mass is 349 g/mol. The van der Waals surface area contributed by atoms with Gasteiger partial charge in [0, 0.05) is 17.6 Å². The first kappa shape index (κ1) is 15.7. The van der Waals surface area contributed by atoms with Crippen LogP contribution in [-0.2, 0) is 6.54 Å². The van der Waals surface area contributed by atoms with Crippen LogP contribution in [0.3, 0.4) is 0 Å². The highest BCUT2D eigenvalue weighted by atomic mass is 79.9. The molecule has 0 bridgehead atoms. The molecule has 0 aliphatic rings. The average Bonchev–Trinajstić information content (AvgIpc) is 2.47. The summed E-state index contributed by atoms with van der Waals surface area (Å²) in [6.07, 6.45) is 0.830. The molecular weight excluding hydrogens is 333 g/mol. The van der Waals surface area contributed by atoms with Gasteiger partial charge >= 0.3 is 0 Å². The van der Waals surface area contributed by atoms with E-state index in [0.717, 1.165) is 12.0 Å². The van der Waals surface area contributed by atoms with Gasteiger partial charge in [-0.2, -0.15) is 0 Å². The quantitative estimate of drug-likeness (QED) is 0.769. The molecule has 0 fully saturated rings. The number of hydrogen-bond acceptors (Lipinski definition) is 1. The highest BCUT2D eigenvalue weighted by Gasteiger charge is 2.19. The molecule has 0 N–H and O–H groups in total. The topological polar surface area (TPSA) is 20.3 Å². The van der Waals surface area contributed by atoms with E-state index < -0.39 is 5.82 Å². The Morgan fingerprint density at radius 2 is 1.90 bits per heavy atom. The van der Waals surface area contributed by atoms with Crippen molar-refractivity contribution in [3.63, 3.8) is 0 Å².